The van der Waals surface area contributed by atoms with Gasteiger partial charge in [-0.3, -0.25) is 4.90 Å². The molecule has 2 saturated heterocycles. The van der Waals surface area contributed by atoms with Crippen LogP contribution in [-0.4, -0.2) is 49.0 Å². The van der Waals surface area contributed by atoms with E-state index in [2.05, 4.69) is 49.6 Å². The molecule has 4 heteroatoms. The molecule has 0 bridgehead atoms. The lowest BCUT2D eigenvalue weighted by Crippen LogP contribution is -2.50. The third-order valence-electron chi connectivity index (χ3n) is 5.94. The van der Waals surface area contributed by atoms with E-state index in [9.17, 15) is 0 Å². The monoisotopic (exact) mass is 355 g/mol. The lowest BCUT2D eigenvalue weighted by atomic mass is 9.73. The maximum atomic E-state index is 6.63. The van der Waals surface area contributed by atoms with Crippen molar-refractivity contribution >= 4 is 0 Å². The summed E-state index contributed by atoms with van der Waals surface area (Å²) in [6.07, 6.45) is 2.06. The lowest BCUT2D eigenvalue weighted by Gasteiger charge is -2.50. The van der Waals surface area contributed by atoms with Gasteiger partial charge in [0.05, 0.1) is 25.9 Å². The predicted octanol–water partition coefficient (Wildman–Crippen LogP) is 3.42. The standard InChI is InChI=1S/C22H29NO3/c1-21(2)18-9-11-22(3,10-6-12-23-13-15-24-16-14-23)26-20(18)17-7-4-5-8-19(17)25-21/h4-5,7-8,18,20H,9,11-16H2,1-3H3/t18-,20-,22-/m0/s1. The van der Waals surface area contributed by atoms with Crippen LogP contribution in [0, 0.1) is 17.8 Å². The van der Waals surface area contributed by atoms with Crippen molar-refractivity contribution in [2.24, 2.45) is 5.92 Å². The van der Waals surface area contributed by atoms with Crippen molar-refractivity contribution in [2.75, 3.05) is 32.8 Å². The fourth-order valence-corrected chi connectivity index (χ4v) is 4.35. The van der Waals surface area contributed by atoms with Crippen LogP contribution < -0.4 is 4.74 Å². The molecule has 0 saturated carbocycles. The number of nitrogens with zero attached hydrogens (tertiary/aromatic N) is 1. The molecule has 1 aromatic rings. The van der Waals surface area contributed by atoms with Crippen molar-refractivity contribution in [3.05, 3.63) is 29.8 Å². The van der Waals surface area contributed by atoms with Crippen LogP contribution in [0.5, 0.6) is 5.75 Å². The van der Waals surface area contributed by atoms with E-state index < -0.39 is 5.60 Å². The van der Waals surface area contributed by atoms with Gasteiger partial charge in [0.15, 0.2) is 0 Å². The van der Waals surface area contributed by atoms with Gasteiger partial charge in [-0.2, -0.15) is 0 Å². The summed E-state index contributed by atoms with van der Waals surface area (Å²) >= 11 is 0. The Kier molecular flexibility index (Phi) is 4.73. The predicted molar refractivity (Wildman–Crippen MR) is 101 cm³/mol. The van der Waals surface area contributed by atoms with E-state index in [-0.39, 0.29) is 11.7 Å². The molecule has 1 aromatic carbocycles. The minimum Gasteiger partial charge on any atom is -0.487 e. The van der Waals surface area contributed by atoms with E-state index in [1.807, 2.05) is 12.1 Å². The van der Waals surface area contributed by atoms with Crippen LogP contribution in [0.25, 0.3) is 0 Å². The number of morpholine rings is 1. The molecule has 3 heterocycles. The Balaban J connectivity index is 1.52. The number of hydrogen-bond donors (Lipinski definition) is 0. The molecule has 0 unspecified atom stereocenters. The summed E-state index contributed by atoms with van der Waals surface area (Å²) in [5, 5.41) is 0. The Labute approximate surface area is 156 Å². The van der Waals surface area contributed by atoms with Crippen molar-refractivity contribution in [3.8, 4) is 17.6 Å². The Morgan fingerprint density at radius 3 is 2.73 bits per heavy atom. The van der Waals surface area contributed by atoms with E-state index in [1.54, 1.807) is 0 Å². The molecule has 0 radical (unpaired) electrons. The number of hydrogen-bond acceptors (Lipinski definition) is 4. The normalized spacial score (nSPS) is 33.2. The molecule has 3 aliphatic heterocycles. The number of ether oxygens (including phenoxy) is 3. The van der Waals surface area contributed by atoms with Crippen molar-refractivity contribution < 1.29 is 14.2 Å². The van der Waals surface area contributed by atoms with Gasteiger partial charge in [0.25, 0.3) is 0 Å². The largest absolute Gasteiger partial charge is 0.487 e. The first-order chi connectivity index (χ1) is 12.5. The SMILES string of the molecule is CC1(C)Oc2ccccc2[C@@H]2O[C@@](C)(C#CCN3CCOCC3)CC[C@@H]21. The minimum absolute atomic E-state index is 0.0476. The van der Waals surface area contributed by atoms with Crippen LogP contribution in [-0.2, 0) is 9.47 Å². The van der Waals surface area contributed by atoms with Crippen LogP contribution in [0.4, 0.5) is 0 Å². The van der Waals surface area contributed by atoms with Gasteiger partial charge in [-0.25, -0.2) is 0 Å². The van der Waals surface area contributed by atoms with Crippen molar-refractivity contribution in [2.45, 2.75) is 50.9 Å². The first-order valence-electron chi connectivity index (χ1n) is 9.73. The third-order valence-corrected chi connectivity index (χ3v) is 5.94. The van der Waals surface area contributed by atoms with Crippen LogP contribution in [0.3, 0.4) is 0 Å². The fraction of sp³-hybridized carbons (Fsp3) is 0.636. The Morgan fingerprint density at radius 2 is 1.92 bits per heavy atom. The van der Waals surface area contributed by atoms with Crippen molar-refractivity contribution in [1.82, 2.24) is 4.90 Å². The summed E-state index contributed by atoms with van der Waals surface area (Å²) in [7, 11) is 0. The van der Waals surface area contributed by atoms with Gasteiger partial charge in [-0.15, -0.1) is 0 Å². The quantitative estimate of drug-likeness (QED) is 0.723. The molecule has 140 valence electrons. The molecule has 3 atom stereocenters. The highest BCUT2D eigenvalue weighted by Crippen LogP contribution is 2.52. The summed E-state index contributed by atoms with van der Waals surface area (Å²) in [5.41, 5.74) is 0.549. The molecule has 4 nitrogen and oxygen atoms in total. The summed E-state index contributed by atoms with van der Waals surface area (Å²) < 4.78 is 18.3. The summed E-state index contributed by atoms with van der Waals surface area (Å²) in [6.45, 7) is 10.8. The Morgan fingerprint density at radius 1 is 1.15 bits per heavy atom. The summed E-state index contributed by atoms with van der Waals surface area (Å²) in [5.74, 6) is 8.11. The van der Waals surface area contributed by atoms with Gasteiger partial charge in [-0.05, 0) is 39.7 Å². The number of rotatable bonds is 1. The zero-order valence-corrected chi connectivity index (χ0v) is 16.1. The van der Waals surface area contributed by atoms with Crippen LogP contribution in [0.1, 0.15) is 45.3 Å². The zero-order valence-electron chi connectivity index (χ0n) is 16.1. The third kappa shape index (κ3) is 3.49. The number of benzene rings is 1. The highest BCUT2D eigenvalue weighted by molar-refractivity contribution is 5.39. The first kappa shape index (κ1) is 17.9. The van der Waals surface area contributed by atoms with Gasteiger partial charge >= 0.3 is 0 Å². The summed E-state index contributed by atoms with van der Waals surface area (Å²) in [4.78, 5) is 2.35. The molecule has 0 aliphatic carbocycles. The molecular formula is C22H29NO3. The Hall–Kier alpha value is -1.54. The molecule has 2 fully saturated rings. The van der Waals surface area contributed by atoms with Gasteiger partial charge < -0.3 is 14.2 Å². The van der Waals surface area contributed by atoms with Gasteiger partial charge in [0.2, 0.25) is 0 Å². The number of fused-ring (bicyclic) bond motifs is 3. The second-order valence-electron chi connectivity index (χ2n) is 8.35. The topological polar surface area (TPSA) is 30.9 Å². The van der Waals surface area contributed by atoms with Crippen LogP contribution >= 0.6 is 0 Å². The fourth-order valence-electron chi connectivity index (χ4n) is 4.35. The molecule has 0 spiro atoms. The van der Waals surface area contributed by atoms with E-state index in [1.165, 1.54) is 0 Å². The first-order valence-corrected chi connectivity index (χ1v) is 9.73. The van der Waals surface area contributed by atoms with E-state index in [0.717, 1.165) is 57.0 Å². The smallest absolute Gasteiger partial charge is 0.126 e. The van der Waals surface area contributed by atoms with E-state index in [4.69, 9.17) is 14.2 Å². The van der Waals surface area contributed by atoms with Crippen LogP contribution in [0.2, 0.25) is 0 Å². The van der Waals surface area contributed by atoms with Crippen molar-refractivity contribution in [1.29, 1.82) is 0 Å². The molecule has 26 heavy (non-hydrogen) atoms. The lowest BCUT2D eigenvalue weighted by molar-refractivity contribution is -0.169. The number of para-hydroxylation sites is 1. The molecule has 4 rings (SSSR count). The van der Waals surface area contributed by atoms with E-state index >= 15 is 0 Å². The molecule has 3 aliphatic rings. The maximum Gasteiger partial charge on any atom is 0.126 e. The average molecular weight is 355 g/mol. The van der Waals surface area contributed by atoms with Crippen LogP contribution in [0.15, 0.2) is 24.3 Å². The average Bonchev–Trinajstić information content (AvgIpc) is 2.62. The van der Waals surface area contributed by atoms with Gasteiger partial charge in [0.1, 0.15) is 17.0 Å². The van der Waals surface area contributed by atoms with Gasteiger partial charge in [0, 0.05) is 24.6 Å². The van der Waals surface area contributed by atoms with E-state index in [0.29, 0.717) is 5.92 Å². The molecule has 0 aromatic heterocycles. The second kappa shape index (κ2) is 6.88. The molecular weight excluding hydrogens is 326 g/mol. The van der Waals surface area contributed by atoms with Gasteiger partial charge in [-0.1, -0.05) is 30.0 Å². The van der Waals surface area contributed by atoms with Crippen molar-refractivity contribution in [3.63, 3.8) is 0 Å². The second-order valence-corrected chi connectivity index (χ2v) is 8.35. The highest BCUT2D eigenvalue weighted by Gasteiger charge is 2.49. The molecule has 0 amide bonds. The zero-order chi connectivity index (χ0) is 18.2. The minimum atomic E-state index is -0.395. The maximum absolute atomic E-state index is 6.63. The Bertz CT molecular complexity index is 714. The summed E-state index contributed by atoms with van der Waals surface area (Å²) in [6, 6.07) is 8.28. The highest BCUT2D eigenvalue weighted by atomic mass is 16.5. The molecule has 0 N–H and O–H groups in total.